The van der Waals surface area contributed by atoms with Crippen LogP contribution in [0.15, 0.2) is 0 Å². The van der Waals surface area contributed by atoms with Crippen LogP contribution in [-0.4, -0.2) is 30.4 Å². The van der Waals surface area contributed by atoms with Crippen molar-refractivity contribution in [2.45, 2.75) is 37.6 Å². The van der Waals surface area contributed by atoms with E-state index in [1.165, 1.54) is 19.3 Å². The highest BCUT2D eigenvalue weighted by molar-refractivity contribution is 6.21. The third kappa shape index (κ3) is 2.09. The summed E-state index contributed by atoms with van der Waals surface area (Å²) in [5.41, 5.74) is 0. The predicted molar refractivity (Wildman–Crippen MR) is 50.1 cm³/mol. The molecule has 1 saturated carbocycles. The number of hydrogen-bond acceptors (Lipinski definition) is 1. The molecule has 2 heteroatoms. The van der Waals surface area contributed by atoms with Crippen molar-refractivity contribution >= 4 is 11.6 Å². The lowest BCUT2D eigenvalue weighted by Gasteiger charge is -2.27. The molecule has 11 heavy (non-hydrogen) atoms. The molecule has 0 spiro atoms. The molecule has 3 atom stereocenters. The van der Waals surface area contributed by atoms with Gasteiger partial charge in [0.15, 0.2) is 0 Å². The van der Waals surface area contributed by atoms with Gasteiger partial charge in [-0.3, -0.25) is 0 Å². The highest BCUT2D eigenvalue weighted by Crippen LogP contribution is 2.33. The van der Waals surface area contributed by atoms with E-state index in [0.717, 1.165) is 0 Å². The number of nitrogens with zero attached hydrogens (tertiary/aromatic N) is 1. The monoisotopic (exact) mass is 175 g/mol. The van der Waals surface area contributed by atoms with Crippen LogP contribution in [0.25, 0.3) is 0 Å². The van der Waals surface area contributed by atoms with Crippen LogP contribution in [0.3, 0.4) is 0 Å². The molecule has 2 unspecified atom stereocenters. The molecule has 1 nitrogen and oxygen atoms in total. The van der Waals surface area contributed by atoms with E-state index in [2.05, 4.69) is 25.9 Å². The summed E-state index contributed by atoms with van der Waals surface area (Å²) in [6.07, 6.45) is 3.84. The standard InChI is InChI=1S/C9H18ClN/c1-7(11(2)3)8-5-4-6-9(8)10/h7-9H,4-6H2,1-3H3/t7-,8?,9?/m1/s1. The number of hydrogen-bond donors (Lipinski definition) is 0. The quantitative estimate of drug-likeness (QED) is 0.583. The van der Waals surface area contributed by atoms with Crippen LogP contribution in [0.5, 0.6) is 0 Å². The normalized spacial score (nSPS) is 34.6. The third-order valence-electron chi connectivity index (χ3n) is 2.92. The fourth-order valence-electron chi connectivity index (χ4n) is 1.87. The lowest BCUT2D eigenvalue weighted by atomic mass is 9.99. The molecular weight excluding hydrogens is 158 g/mol. The zero-order valence-corrected chi connectivity index (χ0v) is 8.43. The summed E-state index contributed by atoms with van der Waals surface area (Å²) in [7, 11) is 4.26. The average Bonchev–Trinajstić information content (AvgIpc) is 2.33. The van der Waals surface area contributed by atoms with Gasteiger partial charge in [0.2, 0.25) is 0 Å². The molecule has 0 N–H and O–H groups in total. The first-order valence-electron chi connectivity index (χ1n) is 4.43. The lowest BCUT2D eigenvalue weighted by Crippen LogP contribution is -2.34. The van der Waals surface area contributed by atoms with Crippen molar-refractivity contribution in [3.8, 4) is 0 Å². The summed E-state index contributed by atoms with van der Waals surface area (Å²) >= 11 is 6.19. The Balaban J connectivity index is 2.45. The zero-order chi connectivity index (χ0) is 8.43. The molecule has 1 aliphatic carbocycles. The van der Waals surface area contributed by atoms with Gasteiger partial charge in [-0.25, -0.2) is 0 Å². The van der Waals surface area contributed by atoms with Crippen LogP contribution < -0.4 is 0 Å². The molecule has 0 aromatic rings. The van der Waals surface area contributed by atoms with Gasteiger partial charge in [-0.1, -0.05) is 6.42 Å². The van der Waals surface area contributed by atoms with E-state index in [4.69, 9.17) is 11.6 Å². The van der Waals surface area contributed by atoms with Gasteiger partial charge in [-0.15, -0.1) is 11.6 Å². The molecule has 1 aliphatic rings. The smallest absolute Gasteiger partial charge is 0.0379 e. The Hall–Kier alpha value is 0.250. The molecule has 0 aromatic carbocycles. The summed E-state index contributed by atoms with van der Waals surface area (Å²) < 4.78 is 0. The van der Waals surface area contributed by atoms with Gasteiger partial charge in [0.25, 0.3) is 0 Å². The summed E-state index contributed by atoms with van der Waals surface area (Å²) in [4.78, 5) is 2.27. The van der Waals surface area contributed by atoms with Crippen molar-refractivity contribution in [3.63, 3.8) is 0 Å². The van der Waals surface area contributed by atoms with Crippen LogP contribution in [0.1, 0.15) is 26.2 Å². The van der Waals surface area contributed by atoms with Crippen molar-refractivity contribution in [1.29, 1.82) is 0 Å². The Morgan fingerprint density at radius 3 is 2.36 bits per heavy atom. The Kier molecular flexibility index (Phi) is 3.20. The van der Waals surface area contributed by atoms with Crippen molar-refractivity contribution in [3.05, 3.63) is 0 Å². The van der Waals surface area contributed by atoms with E-state index in [-0.39, 0.29) is 0 Å². The summed E-state index contributed by atoms with van der Waals surface area (Å²) in [6.45, 7) is 2.27. The molecule has 0 aliphatic heterocycles. The van der Waals surface area contributed by atoms with E-state index in [9.17, 15) is 0 Å². The Morgan fingerprint density at radius 1 is 1.36 bits per heavy atom. The van der Waals surface area contributed by atoms with Crippen molar-refractivity contribution < 1.29 is 0 Å². The van der Waals surface area contributed by atoms with E-state index in [1.807, 2.05) is 0 Å². The second-order valence-electron chi connectivity index (χ2n) is 3.81. The van der Waals surface area contributed by atoms with Gasteiger partial charge in [-0.05, 0) is 39.8 Å². The van der Waals surface area contributed by atoms with Crippen molar-refractivity contribution in [2.24, 2.45) is 5.92 Å². The molecule has 0 saturated heterocycles. The van der Waals surface area contributed by atoms with Gasteiger partial charge in [0.05, 0.1) is 0 Å². The number of halogens is 1. The largest absolute Gasteiger partial charge is 0.306 e. The van der Waals surface area contributed by atoms with Crippen molar-refractivity contribution in [1.82, 2.24) is 4.90 Å². The summed E-state index contributed by atoms with van der Waals surface area (Å²) in [6, 6.07) is 0.639. The second-order valence-corrected chi connectivity index (χ2v) is 4.38. The molecule has 0 amide bonds. The van der Waals surface area contributed by atoms with Gasteiger partial charge in [-0.2, -0.15) is 0 Å². The summed E-state index contributed by atoms with van der Waals surface area (Å²) in [5.74, 6) is 0.715. The second kappa shape index (κ2) is 3.77. The predicted octanol–water partition coefficient (Wildman–Crippen LogP) is 2.34. The van der Waals surface area contributed by atoms with Gasteiger partial charge >= 0.3 is 0 Å². The topological polar surface area (TPSA) is 3.24 Å². The van der Waals surface area contributed by atoms with Gasteiger partial charge < -0.3 is 4.90 Å². The van der Waals surface area contributed by atoms with Gasteiger partial charge in [0, 0.05) is 11.4 Å². The first kappa shape index (κ1) is 9.34. The Morgan fingerprint density at radius 2 is 2.00 bits per heavy atom. The fourth-order valence-corrected chi connectivity index (χ4v) is 2.36. The first-order valence-corrected chi connectivity index (χ1v) is 4.87. The maximum Gasteiger partial charge on any atom is 0.0379 e. The van der Waals surface area contributed by atoms with Crippen LogP contribution in [0.4, 0.5) is 0 Å². The zero-order valence-electron chi connectivity index (χ0n) is 7.68. The maximum absolute atomic E-state index is 6.19. The van der Waals surface area contributed by atoms with E-state index < -0.39 is 0 Å². The molecule has 0 heterocycles. The molecule has 1 rings (SSSR count). The van der Waals surface area contributed by atoms with E-state index in [1.54, 1.807) is 0 Å². The minimum atomic E-state index is 0.424. The van der Waals surface area contributed by atoms with Crippen LogP contribution in [-0.2, 0) is 0 Å². The maximum atomic E-state index is 6.19. The average molecular weight is 176 g/mol. The van der Waals surface area contributed by atoms with Crippen LogP contribution in [0.2, 0.25) is 0 Å². The van der Waals surface area contributed by atoms with Crippen LogP contribution >= 0.6 is 11.6 Å². The molecule has 66 valence electrons. The van der Waals surface area contributed by atoms with E-state index in [0.29, 0.717) is 17.3 Å². The minimum absolute atomic E-state index is 0.424. The fraction of sp³-hybridized carbons (Fsp3) is 1.00. The Labute approximate surface area is 74.7 Å². The Bertz CT molecular complexity index is 125. The molecule has 0 bridgehead atoms. The molecule has 0 aromatic heterocycles. The third-order valence-corrected chi connectivity index (χ3v) is 3.46. The lowest BCUT2D eigenvalue weighted by molar-refractivity contribution is 0.232. The number of alkyl halides is 1. The highest BCUT2D eigenvalue weighted by atomic mass is 35.5. The minimum Gasteiger partial charge on any atom is -0.306 e. The van der Waals surface area contributed by atoms with Crippen molar-refractivity contribution in [2.75, 3.05) is 14.1 Å². The molecule has 1 fully saturated rings. The molecule has 0 radical (unpaired) electrons. The number of rotatable bonds is 2. The highest BCUT2D eigenvalue weighted by Gasteiger charge is 2.30. The molecular formula is C9H18ClN. The van der Waals surface area contributed by atoms with Crippen LogP contribution in [0, 0.1) is 5.92 Å². The van der Waals surface area contributed by atoms with Gasteiger partial charge in [0.1, 0.15) is 0 Å². The summed E-state index contributed by atoms with van der Waals surface area (Å²) in [5, 5.41) is 0.424. The SMILES string of the molecule is C[C@H](C1CCCC1Cl)N(C)C. The first-order chi connectivity index (χ1) is 5.13. The van der Waals surface area contributed by atoms with E-state index >= 15 is 0 Å².